The molecule has 0 saturated carbocycles. The van der Waals surface area contributed by atoms with Gasteiger partial charge in [-0.3, -0.25) is 9.88 Å². The number of carbonyl (C=O) groups is 1. The molecule has 0 radical (unpaired) electrons. The van der Waals surface area contributed by atoms with E-state index >= 15 is 0 Å². The zero-order chi connectivity index (χ0) is 18.4. The number of pyridine rings is 1. The van der Waals surface area contributed by atoms with E-state index in [9.17, 15) is 4.79 Å². The molecule has 3 rings (SSSR count). The van der Waals surface area contributed by atoms with Crippen LogP contribution >= 0.6 is 0 Å². The van der Waals surface area contributed by atoms with Crippen LogP contribution in [0.1, 0.15) is 18.4 Å². The number of hydrogen-bond donors (Lipinski definition) is 1. The molecule has 1 atom stereocenters. The van der Waals surface area contributed by atoms with Crippen LogP contribution in [0.5, 0.6) is 5.75 Å². The number of carboxylic acid groups (broad SMARTS) is 1. The van der Waals surface area contributed by atoms with E-state index in [0.717, 1.165) is 42.6 Å². The van der Waals surface area contributed by atoms with Crippen molar-refractivity contribution in [2.24, 2.45) is 0 Å². The summed E-state index contributed by atoms with van der Waals surface area (Å²) in [6.45, 7) is 2.21. The zero-order valence-electron chi connectivity index (χ0n) is 14.9. The van der Waals surface area contributed by atoms with E-state index < -0.39 is 5.97 Å². The molecule has 1 saturated heterocycles. The van der Waals surface area contributed by atoms with Crippen molar-refractivity contribution in [3.63, 3.8) is 0 Å². The maximum absolute atomic E-state index is 10.9. The molecule has 26 heavy (non-hydrogen) atoms. The van der Waals surface area contributed by atoms with Gasteiger partial charge in [-0.1, -0.05) is 12.1 Å². The summed E-state index contributed by atoms with van der Waals surface area (Å²) in [4.78, 5) is 17.4. The van der Waals surface area contributed by atoms with Crippen molar-refractivity contribution in [2.45, 2.75) is 25.5 Å². The van der Waals surface area contributed by atoms with Crippen LogP contribution in [0.15, 0.2) is 42.7 Å². The summed E-state index contributed by atoms with van der Waals surface area (Å²) in [6.07, 6.45) is 5.97. The highest BCUT2D eigenvalue weighted by atomic mass is 16.5. The van der Waals surface area contributed by atoms with Crippen LogP contribution in [0.3, 0.4) is 0 Å². The van der Waals surface area contributed by atoms with E-state index in [1.165, 1.54) is 0 Å². The van der Waals surface area contributed by atoms with Gasteiger partial charge in [0, 0.05) is 43.7 Å². The van der Waals surface area contributed by atoms with E-state index in [2.05, 4.69) is 16.0 Å². The normalized spacial score (nSPS) is 17.8. The quantitative estimate of drug-likeness (QED) is 0.822. The fraction of sp³-hybridized carbons (Fsp3) is 0.400. The Bertz CT molecular complexity index is 736. The monoisotopic (exact) mass is 356 g/mol. The van der Waals surface area contributed by atoms with Crippen molar-refractivity contribution < 1.29 is 19.4 Å². The Kier molecular flexibility index (Phi) is 6.20. The Hall–Kier alpha value is -2.44. The van der Waals surface area contributed by atoms with Gasteiger partial charge in [0.2, 0.25) is 0 Å². The topological polar surface area (TPSA) is 71.9 Å². The summed E-state index contributed by atoms with van der Waals surface area (Å²) >= 11 is 0. The lowest BCUT2D eigenvalue weighted by Gasteiger charge is -2.32. The number of likely N-dealkylation sites (tertiary alicyclic amines) is 1. The standard InChI is InChI=1S/C20H24N2O4/c1-25-18-5-3-9-22(13-18)12-17-10-15(16-4-2-8-21-11-16)6-7-19(17)26-14-20(23)24/h2,4,6-8,10-11,18H,3,5,9,12-14H2,1H3,(H,23,24)/t18-/m1/s1. The van der Waals surface area contributed by atoms with Crippen molar-refractivity contribution in [3.8, 4) is 16.9 Å². The molecule has 1 aromatic heterocycles. The van der Waals surface area contributed by atoms with Gasteiger partial charge in [-0.15, -0.1) is 0 Å². The first kappa shape index (κ1) is 18.4. The molecule has 2 heterocycles. The van der Waals surface area contributed by atoms with E-state index in [4.69, 9.17) is 14.6 Å². The maximum Gasteiger partial charge on any atom is 0.341 e. The van der Waals surface area contributed by atoms with Gasteiger partial charge in [-0.05, 0) is 43.1 Å². The second-order valence-electron chi connectivity index (χ2n) is 6.48. The average molecular weight is 356 g/mol. The molecule has 0 aliphatic carbocycles. The number of nitrogens with zero attached hydrogens (tertiary/aromatic N) is 2. The predicted octanol–water partition coefficient (Wildman–Crippen LogP) is 2.82. The minimum absolute atomic E-state index is 0.244. The number of methoxy groups -OCH3 is 1. The zero-order valence-corrected chi connectivity index (χ0v) is 14.9. The Balaban J connectivity index is 1.84. The molecule has 2 aromatic rings. The van der Waals surface area contributed by atoms with Gasteiger partial charge in [-0.25, -0.2) is 4.79 Å². The number of ether oxygens (including phenoxy) is 2. The Morgan fingerprint density at radius 2 is 2.23 bits per heavy atom. The first-order valence-corrected chi connectivity index (χ1v) is 8.79. The van der Waals surface area contributed by atoms with E-state index in [0.29, 0.717) is 12.3 Å². The lowest BCUT2D eigenvalue weighted by atomic mass is 10.0. The Labute approximate surface area is 153 Å². The summed E-state index contributed by atoms with van der Waals surface area (Å²) in [6, 6.07) is 9.75. The highest BCUT2D eigenvalue weighted by Gasteiger charge is 2.21. The molecule has 6 nitrogen and oxygen atoms in total. The van der Waals surface area contributed by atoms with Gasteiger partial charge in [0.1, 0.15) is 5.75 Å². The van der Waals surface area contributed by atoms with E-state index in [1.807, 2.05) is 30.5 Å². The molecule has 0 amide bonds. The molecule has 0 spiro atoms. The summed E-state index contributed by atoms with van der Waals surface area (Å²) in [5.41, 5.74) is 3.03. The highest BCUT2D eigenvalue weighted by molar-refractivity contribution is 5.69. The number of piperidine rings is 1. The Morgan fingerprint density at radius 1 is 1.35 bits per heavy atom. The third-order valence-electron chi connectivity index (χ3n) is 4.60. The fourth-order valence-electron chi connectivity index (χ4n) is 3.29. The van der Waals surface area contributed by atoms with E-state index in [1.54, 1.807) is 13.3 Å². The second-order valence-corrected chi connectivity index (χ2v) is 6.48. The first-order valence-electron chi connectivity index (χ1n) is 8.79. The van der Waals surface area contributed by atoms with Crippen molar-refractivity contribution in [2.75, 3.05) is 26.8 Å². The first-order chi connectivity index (χ1) is 12.7. The SMILES string of the molecule is CO[C@@H]1CCCN(Cc2cc(-c3cccnc3)ccc2OCC(=O)O)C1. The van der Waals surface area contributed by atoms with Crippen LogP contribution in [-0.2, 0) is 16.1 Å². The summed E-state index contributed by atoms with van der Waals surface area (Å²) in [7, 11) is 1.75. The summed E-state index contributed by atoms with van der Waals surface area (Å²) in [5.74, 6) is -0.371. The van der Waals surface area contributed by atoms with Crippen molar-refractivity contribution >= 4 is 5.97 Å². The molecule has 6 heteroatoms. The largest absolute Gasteiger partial charge is 0.482 e. The summed E-state index contributed by atoms with van der Waals surface area (Å²) in [5, 5.41) is 8.93. The maximum atomic E-state index is 10.9. The van der Waals surface area contributed by atoms with Gasteiger partial charge in [-0.2, -0.15) is 0 Å². The smallest absolute Gasteiger partial charge is 0.341 e. The van der Waals surface area contributed by atoms with Gasteiger partial charge in [0.05, 0.1) is 6.10 Å². The van der Waals surface area contributed by atoms with Crippen LogP contribution < -0.4 is 4.74 Å². The average Bonchev–Trinajstić information content (AvgIpc) is 2.67. The van der Waals surface area contributed by atoms with Crippen LogP contribution in [0.4, 0.5) is 0 Å². The number of benzene rings is 1. The third-order valence-corrected chi connectivity index (χ3v) is 4.60. The molecule has 0 bridgehead atoms. The molecule has 1 fully saturated rings. The number of aromatic nitrogens is 1. The molecule has 1 aromatic carbocycles. The molecule has 1 aliphatic rings. The fourth-order valence-corrected chi connectivity index (χ4v) is 3.29. The van der Waals surface area contributed by atoms with Crippen LogP contribution in [-0.4, -0.2) is 53.9 Å². The van der Waals surface area contributed by atoms with Gasteiger partial charge >= 0.3 is 5.97 Å². The summed E-state index contributed by atoms with van der Waals surface area (Å²) < 4.78 is 11.0. The van der Waals surface area contributed by atoms with Crippen LogP contribution in [0.25, 0.3) is 11.1 Å². The van der Waals surface area contributed by atoms with Crippen LogP contribution in [0.2, 0.25) is 0 Å². The number of aliphatic carboxylic acids is 1. The number of hydrogen-bond acceptors (Lipinski definition) is 5. The lowest BCUT2D eigenvalue weighted by molar-refractivity contribution is -0.139. The van der Waals surface area contributed by atoms with Gasteiger partial charge in [0.15, 0.2) is 6.61 Å². The minimum atomic E-state index is -0.982. The molecular formula is C20H24N2O4. The van der Waals surface area contributed by atoms with Crippen molar-refractivity contribution in [1.29, 1.82) is 0 Å². The van der Waals surface area contributed by atoms with Crippen molar-refractivity contribution in [3.05, 3.63) is 48.3 Å². The minimum Gasteiger partial charge on any atom is -0.482 e. The highest BCUT2D eigenvalue weighted by Crippen LogP contribution is 2.28. The molecular weight excluding hydrogens is 332 g/mol. The molecule has 138 valence electrons. The third kappa shape index (κ3) is 4.80. The predicted molar refractivity (Wildman–Crippen MR) is 98.1 cm³/mol. The molecule has 1 N–H and O–H groups in total. The molecule has 0 unspecified atom stereocenters. The second kappa shape index (κ2) is 8.78. The lowest BCUT2D eigenvalue weighted by Crippen LogP contribution is -2.38. The van der Waals surface area contributed by atoms with Gasteiger partial charge < -0.3 is 14.6 Å². The Morgan fingerprint density at radius 3 is 2.96 bits per heavy atom. The van der Waals surface area contributed by atoms with E-state index in [-0.39, 0.29) is 12.7 Å². The number of carboxylic acids is 1. The number of rotatable bonds is 7. The van der Waals surface area contributed by atoms with Crippen LogP contribution in [0, 0.1) is 0 Å². The van der Waals surface area contributed by atoms with Gasteiger partial charge in [0.25, 0.3) is 0 Å². The molecule has 1 aliphatic heterocycles. The van der Waals surface area contributed by atoms with Crippen molar-refractivity contribution in [1.82, 2.24) is 9.88 Å².